The second-order valence-corrected chi connectivity index (χ2v) is 6.49. The van der Waals surface area contributed by atoms with Crippen LogP contribution in [-0.4, -0.2) is 40.7 Å². The third-order valence-electron chi connectivity index (χ3n) is 3.91. The fourth-order valence-electron chi connectivity index (χ4n) is 2.71. The van der Waals surface area contributed by atoms with Gasteiger partial charge in [0, 0.05) is 24.6 Å². The molecule has 2 atom stereocenters. The smallest absolute Gasteiger partial charge is 0.0897 e. The molecule has 0 radical (unpaired) electrons. The highest BCUT2D eigenvalue weighted by Crippen LogP contribution is 2.22. The van der Waals surface area contributed by atoms with E-state index in [9.17, 15) is 5.11 Å². The maximum Gasteiger partial charge on any atom is 0.0897 e. The van der Waals surface area contributed by atoms with Crippen LogP contribution in [0.25, 0.3) is 0 Å². The van der Waals surface area contributed by atoms with Crippen molar-refractivity contribution in [3.05, 3.63) is 16.1 Å². The molecule has 1 N–H and O–H groups in total. The molecular weight excluding hydrogens is 244 g/mol. The zero-order valence-electron chi connectivity index (χ0n) is 11.4. The molecule has 2 rings (SSSR count). The molecule has 1 aromatic rings. The molecule has 1 aliphatic rings. The van der Waals surface area contributed by atoms with E-state index in [-0.39, 0.29) is 0 Å². The summed E-state index contributed by atoms with van der Waals surface area (Å²) in [6.07, 6.45) is 4.66. The van der Waals surface area contributed by atoms with E-state index >= 15 is 0 Å². The summed E-state index contributed by atoms with van der Waals surface area (Å²) in [4.78, 5) is 7.03. The van der Waals surface area contributed by atoms with E-state index in [4.69, 9.17) is 0 Å². The van der Waals surface area contributed by atoms with Gasteiger partial charge in [-0.15, -0.1) is 11.3 Å². The van der Waals surface area contributed by atoms with Gasteiger partial charge in [0.2, 0.25) is 0 Å². The number of piperidine rings is 1. The molecule has 1 aliphatic heterocycles. The second-order valence-electron chi connectivity index (χ2n) is 5.43. The summed E-state index contributed by atoms with van der Waals surface area (Å²) in [7, 11) is 0. The molecule has 0 saturated carbocycles. The Balaban J connectivity index is 1.74. The van der Waals surface area contributed by atoms with Crippen molar-refractivity contribution in [3.63, 3.8) is 0 Å². The first-order valence-electron chi connectivity index (χ1n) is 6.95. The van der Waals surface area contributed by atoms with Gasteiger partial charge < -0.3 is 10.0 Å². The van der Waals surface area contributed by atoms with Gasteiger partial charge in [-0.1, -0.05) is 0 Å². The van der Waals surface area contributed by atoms with Gasteiger partial charge in [-0.25, -0.2) is 4.98 Å². The molecule has 0 spiro atoms. The minimum atomic E-state index is 0.342. The molecule has 0 aromatic carbocycles. The second kappa shape index (κ2) is 6.64. The minimum absolute atomic E-state index is 0.342. The van der Waals surface area contributed by atoms with Crippen molar-refractivity contribution < 1.29 is 5.11 Å². The molecule has 2 unspecified atom stereocenters. The molecule has 0 bridgehead atoms. The van der Waals surface area contributed by atoms with Gasteiger partial charge in [0.25, 0.3) is 0 Å². The lowest BCUT2D eigenvalue weighted by atomic mass is 9.94. The summed E-state index contributed by atoms with van der Waals surface area (Å²) in [6.45, 7) is 6.91. The summed E-state index contributed by atoms with van der Waals surface area (Å²) < 4.78 is 0. The Kier molecular flexibility index (Phi) is 5.15. The first-order valence-corrected chi connectivity index (χ1v) is 7.83. The highest BCUT2D eigenvalue weighted by Gasteiger charge is 2.24. The predicted octanol–water partition coefficient (Wildman–Crippen LogP) is 2.48. The molecule has 102 valence electrons. The number of aliphatic hydroxyl groups is 1. The number of nitrogens with zero attached hydrogens (tertiary/aromatic N) is 2. The van der Waals surface area contributed by atoms with Crippen LogP contribution < -0.4 is 0 Å². The summed E-state index contributed by atoms with van der Waals surface area (Å²) in [5, 5.41) is 12.6. The van der Waals surface area contributed by atoms with Crippen molar-refractivity contribution in [2.45, 2.75) is 45.6 Å². The van der Waals surface area contributed by atoms with E-state index in [0.717, 1.165) is 24.5 Å². The Morgan fingerprint density at radius 2 is 2.33 bits per heavy atom. The monoisotopic (exact) mass is 268 g/mol. The van der Waals surface area contributed by atoms with Gasteiger partial charge in [-0.3, -0.25) is 0 Å². The van der Waals surface area contributed by atoms with Gasteiger partial charge >= 0.3 is 0 Å². The quantitative estimate of drug-likeness (QED) is 0.891. The van der Waals surface area contributed by atoms with E-state index in [0.29, 0.717) is 18.6 Å². The van der Waals surface area contributed by atoms with Crippen LogP contribution in [0.5, 0.6) is 0 Å². The Morgan fingerprint density at radius 1 is 1.50 bits per heavy atom. The average Bonchev–Trinajstić information content (AvgIpc) is 2.77. The van der Waals surface area contributed by atoms with Crippen LogP contribution in [0.4, 0.5) is 0 Å². The molecule has 1 aromatic heterocycles. The number of aromatic nitrogens is 1. The summed E-state index contributed by atoms with van der Waals surface area (Å²) in [6, 6.07) is 0.671. The number of rotatable bonds is 5. The van der Waals surface area contributed by atoms with Gasteiger partial charge in [0.05, 0.1) is 10.7 Å². The molecule has 2 heterocycles. The van der Waals surface area contributed by atoms with Crippen LogP contribution in [0.15, 0.2) is 5.38 Å². The lowest BCUT2D eigenvalue weighted by Crippen LogP contribution is -2.43. The van der Waals surface area contributed by atoms with Crippen molar-refractivity contribution in [2.24, 2.45) is 5.92 Å². The van der Waals surface area contributed by atoms with E-state index < -0.39 is 0 Å². The van der Waals surface area contributed by atoms with E-state index in [1.807, 2.05) is 0 Å². The largest absolute Gasteiger partial charge is 0.396 e. The van der Waals surface area contributed by atoms with Crippen LogP contribution in [0.2, 0.25) is 0 Å². The van der Waals surface area contributed by atoms with Crippen molar-refractivity contribution in [2.75, 3.05) is 19.7 Å². The number of aliphatic hydroxyl groups excluding tert-OH is 1. The zero-order chi connectivity index (χ0) is 13.0. The summed E-state index contributed by atoms with van der Waals surface area (Å²) in [5.74, 6) is 0.489. The standard InChI is InChI=1S/C14H24N2OS/c1-11-5-6-13(9-17)8-16(11)7-3-4-14-10-18-12(2)15-14/h10-11,13,17H,3-9H2,1-2H3. The highest BCUT2D eigenvalue weighted by atomic mass is 32.1. The van der Waals surface area contributed by atoms with Crippen LogP contribution in [0.1, 0.15) is 36.9 Å². The lowest BCUT2D eigenvalue weighted by Gasteiger charge is -2.37. The normalized spacial score (nSPS) is 25.5. The maximum atomic E-state index is 9.27. The third kappa shape index (κ3) is 3.77. The molecule has 18 heavy (non-hydrogen) atoms. The van der Waals surface area contributed by atoms with Gasteiger partial charge in [-0.2, -0.15) is 0 Å². The van der Waals surface area contributed by atoms with Crippen LogP contribution in [0, 0.1) is 12.8 Å². The molecule has 3 nitrogen and oxygen atoms in total. The highest BCUT2D eigenvalue weighted by molar-refractivity contribution is 7.09. The fraction of sp³-hybridized carbons (Fsp3) is 0.786. The number of hydrogen-bond donors (Lipinski definition) is 1. The molecule has 1 fully saturated rings. The number of hydrogen-bond acceptors (Lipinski definition) is 4. The number of likely N-dealkylation sites (tertiary alicyclic amines) is 1. The van der Waals surface area contributed by atoms with E-state index in [1.54, 1.807) is 11.3 Å². The Morgan fingerprint density at radius 3 is 3.00 bits per heavy atom. The number of aryl methyl sites for hydroxylation is 2. The van der Waals surface area contributed by atoms with E-state index in [2.05, 4.69) is 29.1 Å². The van der Waals surface area contributed by atoms with Gasteiger partial charge in [-0.05, 0) is 52.0 Å². The van der Waals surface area contributed by atoms with Crippen molar-refractivity contribution >= 4 is 11.3 Å². The fourth-order valence-corrected chi connectivity index (χ4v) is 3.36. The predicted molar refractivity (Wildman–Crippen MR) is 76.0 cm³/mol. The van der Waals surface area contributed by atoms with Crippen molar-refractivity contribution in [1.82, 2.24) is 9.88 Å². The maximum absolute atomic E-state index is 9.27. The van der Waals surface area contributed by atoms with Crippen molar-refractivity contribution in [3.8, 4) is 0 Å². The first-order chi connectivity index (χ1) is 8.69. The Labute approximate surface area is 114 Å². The first kappa shape index (κ1) is 14.0. The van der Waals surface area contributed by atoms with Crippen LogP contribution in [0.3, 0.4) is 0 Å². The summed E-state index contributed by atoms with van der Waals surface area (Å²) in [5.41, 5.74) is 1.24. The van der Waals surface area contributed by atoms with Crippen LogP contribution >= 0.6 is 11.3 Å². The minimum Gasteiger partial charge on any atom is -0.396 e. The third-order valence-corrected chi connectivity index (χ3v) is 4.73. The van der Waals surface area contributed by atoms with E-state index in [1.165, 1.54) is 25.0 Å². The topological polar surface area (TPSA) is 36.4 Å². The Hall–Kier alpha value is -0.450. The van der Waals surface area contributed by atoms with Crippen molar-refractivity contribution in [1.29, 1.82) is 0 Å². The molecular formula is C14H24N2OS. The average molecular weight is 268 g/mol. The summed E-state index contributed by atoms with van der Waals surface area (Å²) >= 11 is 1.74. The molecule has 1 saturated heterocycles. The molecule has 0 aliphatic carbocycles. The SMILES string of the molecule is Cc1nc(CCCN2CC(CO)CCC2C)cs1. The zero-order valence-corrected chi connectivity index (χ0v) is 12.2. The molecule has 4 heteroatoms. The number of thiazole rings is 1. The molecule has 0 amide bonds. The Bertz CT molecular complexity index is 366. The van der Waals surface area contributed by atoms with Gasteiger partial charge in [0.15, 0.2) is 0 Å². The van der Waals surface area contributed by atoms with Crippen LogP contribution in [-0.2, 0) is 6.42 Å². The lowest BCUT2D eigenvalue weighted by molar-refractivity contribution is 0.0820. The van der Waals surface area contributed by atoms with Gasteiger partial charge in [0.1, 0.15) is 0 Å².